The fraction of sp³-hybridized carbons (Fsp3) is 0.310. The van der Waals surface area contributed by atoms with Crippen molar-refractivity contribution in [2.24, 2.45) is 0 Å². The third-order valence-corrected chi connectivity index (χ3v) is 6.36. The topological polar surface area (TPSA) is 111 Å². The van der Waals surface area contributed by atoms with Crippen molar-refractivity contribution < 1.29 is 19.8 Å². The Morgan fingerprint density at radius 3 is 2.08 bits per heavy atom. The number of amides is 2. The Kier molecular flexibility index (Phi) is 8.36. The molecule has 4 rings (SSSR count). The highest BCUT2D eigenvalue weighted by Gasteiger charge is 2.27. The first-order valence-corrected chi connectivity index (χ1v) is 12.3. The highest BCUT2D eigenvalue weighted by atomic mass is 16.3. The molecule has 3 atom stereocenters. The number of hydrogen-bond acceptors (Lipinski definition) is 5. The minimum Gasteiger partial charge on any atom is -0.508 e. The van der Waals surface area contributed by atoms with E-state index in [1.54, 1.807) is 0 Å². The van der Waals surface area contributed by atoms with E-state index >= 15 is 0 Å². The molecule has 2 amide bonds. The average molecular weight is 488 g/mol. The standard InChI is InChI=1S/C29H33N3O4/c1-19(21-10-6-3-7-11-21)31-28(35)22-15-23(17-25(33)16-22)29(36)32-26(14-20-8-4-2-5-9-20)27(34)18-30-24-12-13-24/h2-11,15-17,19,24,26-27,30,33-34H,12-14,18H2,1H3,(H,31,35)(H,32,36)/t19-,26+,27-/m1/s1. The number of rotatable bonds is 11. The average Bonchev–Trinajstić information content (AvgIpc) is 3.72. The van der Waals surface area contributed by atoms with Gasteiger partial charge >= 0.3 is 0 Å². The third kappa shape index (κ3) is 7.16. The largest absolute Gasteiger partial charge is 0.508 e. The van der Waals surface area contributed by atoms with Crippen LogP contribution in [0.3, 0.4) is 0 Å². The molecule has 0 heterocycles. The van der Waals surface area contributed by atoms with Crippen LogP contribution in [0.4, 0.5) is 0 Å². The molecule has 7 heteroatoms. The number of phenols is 1. The highest BCUT2D eigenvalue weighted by molar-refractivity contribution is 6.00. The van der Waals surface area contributed by atoms with Gasteiger partial charge in [-0.2, -0.15) is 0 Å². The molecule has 36 heavy (non-hydrogen) atoms. The summed E-state index contributed by atoms with van der Waals surface area (Å²) in [4.78, 5) is 26.1. The predicted molar refractivity (Wildman–Crippen MR) is 139 cm³/mol. The summed E-state index contributed by atoms with van der Waals surface area (Å²) < 4.78 is 0. The number of carbonyl (C=O) groups excluding carboxylic acids is 2. The third-order valence-electron chi connectivity index (χ3n) is 6.36. The Labute approximate surface area is 211 Å². The summed E-state index contributed by atoms with van der Waals surface area (Å²) in [6, 6.07) is 22.9. The minimum atomic E-state index is -0.804. The van der Waals surface area contributed by atoms with Crippen LogP contribution in [0.25, 0.3) is 0 Å². The van der Waals surface area contributed by atoms with Crippen LogP contribution in [-0.4, -0.2) is 46.8 Å². The van der Waals surface area contributed by atoms with Gasteiger partial charge in [0.1, 0.15) is 5.75 Å². The van der Waals surface area contributed by atoms with Gasteiger partial charge in [0.15, 0.2) is 0 Å². The summed E-state index contributed by atoms with van der Waals surface area (Å²) in [5.74, 6) is -1.05. The Hall–Kier alpha value is -3.68. The molecule has 0 spiro atoms. The second kappa shape index (κ2) is 11.8. The van der Waals surface area contributed by atoms with Crippen molar-refractivity contribution in [3.8, 4) is 5.75 Å². The van der Waals surface area contributed by atoms with Gasteiger partial charge in [0.2, 0.25) is 0 Å². The summed E-state index contributed by atoms with van der Waals surface area (Å²) in [5.41, 5.74) is 2.26. The molecule has 0 radical (unpaired) electrons. The fourth-order valence-corrected chi connectivity index (χ4v) is 4.10. The maximum absolute atomic E-state index is 13.2. The second-order valence-corrected chi connectivity index (χ2v) is 9.39. The van der Waals surface area contributed by atoms with Crippen LogP contribution in [0.1, 0.15) is 57.7 Å². The first-order chi connectivity index (χ1) is 17.4. The summed E-state index contributed by atoms with van der Waals surface area (Å²) in [7, 11) is 0. The number of aliphatic hydroxyl groups is 1. The molecule has 7 nitrogen and oxygen atoms in total. The maximum Gasteiger partial charge on any atom is 0.251 e. The Bertz CT molecular complexity index is 1170. The molecular weight excluding hydrogens is 454 g/mol. The smallest absolute Gasteiger partial charge is 0.251 e. The number of aliphatic hydroxyl groups excluding tert-OH is 1. The molecule has 1 fully saturated rings. The van der Waals surface area contributed by atoms with E-state index in [9.17, 15) is 19.8 Å². The van der Waals surface area contributed by atoms with Crippen molar-refractivity contribution in [2.75, 3.05) is 6.54 Å². The number of phenolic OH excluding ortho intramolecular Hbond substituents is 1. The lowest BCUT2D eigenvalue weighted by atomic mass is 10.00. The number of hydrogen-bond donors (Lipinski definition) is 5. The highest BCUT2D eigenvalue weighted by Crippen LogP contribution is 2.20. The first kappa shape index (κ1) is 25.4. The minimum absolute atomic E-state index is 0.146. The zero-order valence-corrected chi connectivity index (χ0v) is 20.4. The van der Waals surface area contributed by atoms with E-state index in [1.807, 2.05) is 67.6 Å². The normalized spacial score (nSPS) is 15.5. The zero-order chi connectivity index (χ0) is 25.5. The van der Waals surface area contributed by atoms with E-state index < -0.39 is 24.0 Å². The van der Waals surface area contributed by atoms with Crippen LogP contribution in [0.5, 0.6) is 5.75 Å². The van der Waals surface area contributed by atoms with Gasteiger partial charge in [0, 0.05) is 23.7 Å². The van der Waals surface area contributed by atoms with Gasteiger partial charge in [-0.25, -0.2) is 0 Å². The lowest BCUT2D eigenvalue weighted by molar-refractivity contribution is 0.0829. The number of nitrogens with one attached hydrogen (secondary N) is 3. The maximum atomic E-state index is 13.2. The van der Waals surface area contributed by atoms with E-state index in [1.165, 1.54) is 18.2 Å². The second-order valence-electron chi connectivity index (χ2n) is 9.39. The molecule has 0 saturated heterocycles. The van der Waals surface area contributed by atoms with E-state index in [4.69, 9.17) is 0 Å². The monoisotopic (exact) mass is 487 g/mol. The first-order valence-electron chi connectivity index (χ1n) is 12.3. The van der Waals surface area contributed by atoms with Gasteiger partial charge < -0.3 is 26.2 Å². The van der Waals surface area contributed by atoms with Crippen LogP contribution < -0.4 is 16.0 Å². The number of aromatic hydroxyl groups is 1. The molecule has 0 aliphatic heterocycles. The molecule has 188 valence electrons. The van der Waals surface area contributed by atoms with Gasteiger partial charge in [-0.15, -0.1) is 0 Å². The van der Waals surface area contributed by atoms with E-state index in [0.717, 1.165) is 24.0 Å². The number of benzene rings is 3. The Morgan fingerprint density at radius 2 is 1.47 bits per heavy atom. The molecule has 0 aromatic heterocycles. The molecule has 1 saturated carbocycles. The van der Waals surface area contributed by atoms with E-state index in [-0.39, 0.29) is 22.9 Å². The van der Waals surface area contributed by atoms with Crippen LogP contribution >= 0.6 is 0 Å². The van der Waals surface area contributed by atoms with Gasteiger partial charge in [0.05, 0.1) is 18.2 Å². The Balaban J connectivity index is 1.47. The molecule has 3 aromatic rings. The van der Waals surface area contributed by atoms with E-state index in [0.29, 0.717) is 19.0 Å². The van der Waals surface area contributed by atoms with Gasteiger partial charge in [-0.3, -0.25) is 9.59 Å². The molecule has 3 aromatic carbocycles. The Morgan fingerprint density at radius 1 is 0.889 bits per heavy atom. The molecule has 1 aliphatic rings. The molecule has 0 bridgehead atoms. The van der Waals surface area contributed by atoms with Crippen molar-refractivity contribution in [3.63, 3.8) is 0 Å². The molecular formula is C29H33N3O4. The summed E-state index contributed by atoms with van der Waals surface area (Å²) in [6.45, 7) is 2.24. The van der Waals surface area contributed by atoms with Crippen LogP contribution in [0.15, 0.2) is 78.9 Å². The summed E-state index contributed by atoms with van der Waals surface area (Å²) in [5, 5.41) is 30.2. The quantitative estimate of drug-likeness (QED) is 0.285. The predicted octanol–water partition coefficient (Wildman–Crippen LogP) is 3.34. The van der Waals surface area contributed by atoms with Gasteiger partial charge in [-0.05, 0) is 55.5 Å². The zero-order valence-electron chi connectivity index (χ0n) is 20.4. The molecule has 5 N–H and O–H groups in total. The van der Waals surface area contributed by atoms with Crippen molar-refractivity contribution in [1.29, 1.82) is 0 Å². The van der Waals surface area contributed by atoms with Crippen molar-refractivity contribution in [2.45, 2.75) is 50.4 Å². The fourth-order valence-electron chi connectivity index (χ4n) is 4.10. The van der Waals surface area contributed by atoms with Crippen molar-refractivity contribution in [3.05, 3.63) is 101 Å². The summed E-state index contributed by atoms with van der Waals surface area (Å²) >= 11 is 0. The van der Waals surface area contributed by atoms with E-state index in [2.05, 4.69) is 16.0 Å². The van der Waals surface area contributed by atoms with Crippen molar-refractivity contribution in [1.82, 2.24) is 16.0 Å². The lowest BCUT2D eigenvalue weighted by Crippen LogP contribution is -2.49. The molecule has 0 unspecified atom stereocenters. The summed E-state index contributed by atoms with van der Waals surface area (Å²) in [6.07, 6.45) is 1.83. The van der Waals surface area contributed by atoms with Gasteiger partial charge in [0.25, 0.3) is 11.8 Å². The SMILES string of the molecule is C[C@@H](NC(=O)c1cc(O)cc(C(=O)N[C@@H](Cc2ccccc2)[C@H](O)CNC2CC2)c1)c1ccccc1. The van der Waals surface area contributed by atoms with Crippen LogP contribution in [0.2, 0.25) is 0 Å². The molecule has 1 aliphatic carbocycles. The van der Waals surface area contributed by atoms with Crippen molar-refractivity contribution >= 4 is 11.8 Å². The number of carbonyl (C=O) groups is 2. The van der Waals surface area contributed by atoms with Crippen LogP contribution in [0, 0.1) is 0 Å². The lowest BCUT2D eigenvalue weighted by Gasteiger charge is -2.25. The van der Waals surface area contributed by atoms with Crippen LogP contribution in [-0.2, 0) is 6.42 Å². The van der Waals surface area contributed by atoms with Gasteiger partial charge in [-0.1, -0.05) is 60.7 Å².